The van der Waals surface area contributed by atoms with Crippen molar-refractivity contribution in [2.75, 3.05) is 0 Å². The zero-order valence-electron chi connectivity index (χ0n) is 31.6. The van der Waals surface area contributed by atoms with Gasteiger partial charge in [0.05, 0.1) is 9.40 Å². The third-order valence-electron chi connectivity index (χ3n) is 11.1. The first-order valence-corrected chi connectivity index (χ1v) is 19.4. The molecule has 0 fully saturated rings. The zero-order chi connectivity index (χ0) is 35.9. The quantitative estimate of drug-likeness (QED) is 0.0941. The molecule has 3 aromatic heterocycles. The molecule has 0 aliphatic carbocycles. The van der Waals surface area contributed by atoms with Crippen LogP contribution in [0.5, 0.6) is 0 Å². The van der Waals surface area contributed by atoms with Crippen LogP contribution >= 0.6 is 22.7 Å². The molecule has 1 radical (unpaired) electrons. The molecule has 0 bridgehead atoms. The normalized spacial score (nSPS) is 12.7. The topological polar surface area (TPSA) is 50.2 Å². The maximum atomic E-state index is 12.2. The number of allylic oxidation sites excluding steroid dienone is 2. The van der Waals surface area contributed by atoms with Crippen LogP contribution in [0, 0.1) is 30.7 Å². The van der Waals surface area contributed by atoms with Crippen molar-refractivity contribution in [3.63, 3.8) is 0 Å². The molecule has 267 valence electrons. The number of nitrogens with zero attached hydrogens (tertiary/aromatic N) is 1. The number of rotatable bonds is 8. The predicted octanol–water partition coefficient (Wildman–Crippen LogP) is 13.8. The number of pyridine rings is 1. The van der Waals surface area contributed by atoms with Crippen LogP contribution in [0.4, 0.5) is 0 Å². The Morgan fingerprint density at radius 2 is 1.36 bits per heavy atom. The van der Waals surface area contributed by atoms with Crippen LogP contribution in [-0.2, 0) is 30.3 Å². The van der Waals surface area contributed by atoms with Gasteiger partial charge in [0.2, 0.25) is 0 Å². The molecule has 6 heteroatoms. The van der Waals surface area contributed by atoms with Gasteiger partial charge in [0.15, 0.2) is 5.78 Å². The van der Waals surface area contributed by atoms with Crippen LogP contribution in [0.1, 0.15) is 104 Å². The van der Waals surface area contributed by atoms with Crippen LogP contribution in [-0.4, -0.2) is 15.9 Å². The van der Waals surface area contributed by atoms with Crippen LogP contribution in [0.25, 0.3) is 52.3 Å². The van der Waals surface area contributed by atoms with Gasteiger partial charge in [-0.25, -0.2) is 0 Å². The van der Waals surface area contributed by atoms with Crippen molar-refractivity contribution in [3.8, 4) is 11.3 Å². The summed E-state index contributed by atoms with van der Waals surface area (Å²) in [4.78, 5) is 18.5. The largest absolute Gasteiger partial charge is 0.512 e. The van der Waals surface area contributed by atoms with E-state index >= 15 is 0 Å². The zero-order valence-corrected chi connectivity index (χ0v) is 35.6. The molecular formula is C44H52IrNO2S2-. The summed E-state index contributed by atoms with van der Waals surface area (Å²) in [6, 6.07) is 21.3. The number of aliphatic hydroxyl groups excluding tert-OH is 1. The molecule has 3 aromatic carbocycles. The second-order valence-electron chi connectivity index (χ2n) is 15.1. The maximum Gasteiger partial charge on any atom is 0.164 e. The summed E-state index contributed by atoms with van der Waals surface area (Å²) in [6.07, 6.45) is 6.71. The van der Waals surface area contributed by atoms with E-state index in [-0.39, 0.29) is 47.9 Å². The van der Waals surface area contributed by atoms with Crippen LogP contribution < -0.4 is 0 Å². The van der Waals surface area contributed by atoms with Crippen LogP contribution in [0.3, 0.4) is 0 Å². The van der Waals surface area contributed by atoms with Crippen LogP contribution in [0.2, 0.25) is 0 Å². The Balaban J connectivity index is 0.000000269. The summed E-state index contributed by atoms with van der Waals surface area (Å²) in [7, 11) is 0. The molecule has 3 nitrogen and oxygen atoms in total. The minimum absolute atomic E-state index is 0. The summed E-state index contributed by atoms with van der Waals surface area (Å²) >= 11 is 3.80. The van der Waals surface area contributed by atoms with Gasteiger partial charge in [-0.15, -0.1) is 51.8 Å². The monoisotopic (exact) mass is 883 g/mol. The van der Waals surface area contributed by atoms with Crippen molar-refractivity contribution in [1.29, 1.82) is 0 Å². The number of aromatic nitrogens is 1. The van der Waals surface area contributed by atoms with Gasteiger partial charge in [0, 0.05) is 63.9 Å². The first kappa shape index (κ1) is 39.9. The van der Waals surface area contributed by atoms with Gasteiger partial charge in [-0.2, -0.15) is 0 Å². The molecule has 0 aliphatic rings. The number of carbonyl (C=O) groups is 1. The molecule has 0 atom stereocenters. The molecular weight excluding hydrogens is 831 g/mol. The number of fused-ring (bicyclic) bond motifs is 6. The third kappa shape index (κ3) is 7.37. The van der Waals surface area contributed by atoms with E-state index in [9.17, 15) is 9.90 Å². The van der Waals surface area contributed by atoms with E-state index in [2.05, 4.69) is 89.2 Å². The molecule has 50 heavy (non-hydrogen) atoms. The third-order valence-corrected chi connectivity index (χ3v) is 13.8. The number of thiophene rings is 2. The molecule has 0 saturated heterocycles. The molecule has 1 N–H and O–H groups in total. The predicted molar refractivity (Wildman–Crippen MR) is 216 cm³/mol. The van der Waals surface area contributed by atoms with Crippen LogP contribution in [0.15, 0.2) is 66.6 Å². The second kappa shape index (κ2) is 15.4. The van der Waals surface area contributed by atoms with Crippen molar-refractivity contribution >= 4 is 69.5 Å². The van der Waals surface area contributed by atoms with E-state index in [1.165, 1.54) is 57.7 Å². The number of hydrogen-bond acceptors (Lipinski definition) is 5. The van der Waals surface area contributed by atoms with Gasteiger partial charge in [0.25, 0.3) is 0 Å². The SMILES string of the molecule is CCC(C)(CC)C(=O)/C=C(\O)C(C)(CC)CC.Cc1sc2c(ccc3c4ccnc(-c5[c-]c6ccccc6c(C(C)(C)C)c5)c4sc32)c1C.[Ir]. The summed E-state index contributed by atoms with van der Waals surface area (Å²) < 4.78 is 4.04. The minimum atomic E-state index is -0.337. The fraction of sp³-hybridized carbons (Fsp3) is 0.409. The standard InChI is InChI=1S/C29H24NS2.C15H28O2.Ir/c1-16-17(2)31-27-20(16)10-11-22-23-12-13-30-25(26(23)32-28(22)27)19-14-18-8-6-7-9-21(18)24(15-19)29(3,4)5;1-7-14(5,8-2)12(16)11-13(17)15(6,9-3)10-4;/h6-13,15H,1-5H3;11,16H,7-10H2,1-6H3;/q-1;;/b;12-11-;. The molecule has 0 saturated carbocycles. The average molecular weight is 883 g/mol. The average Bonchev–Trinajstić information content (AvgIpc) is 3.63. The van der Waals surface area contributed by atoms with Gasteiger partial charge in [-0.1, -0.05) is 104 Å². The van der Waals surface area contributed by atoms with E-state index in [1.807, 2.05) is 70.4 Å². The second-order valence-corrected chi connectivity index (χ2v) is 17.3. The summed E-state index contributed by atoms with van der Waals surface area (Å²) in [6.45, 7) is 23.4. The van der Waals surface area contributed by atoms with E-state index in [1.54, 1.807) is 0 Å². The first-order valence-electron chi connectivity index (χ1n) is 17.7. The van der Waals surface area contributed by atoms with Crippen molar-refractivity contribution in [3.05, 3.63) is 88.6 Å². The fourth-order valence-electron chi connectivity index (χ4n) is 6.41. The first-order chi connectivity index (χ1) is 23.1. The number of carbonyl (C=O) groups excluding carboxylic acids is 1. The number of aliphatic hydroxyl groups is 1. The smallest absolute Gasteiger partial charge is 0.164 e. The summed E-state index contributed by atoms with van der Waals surface area (Å²) in [5.74, 6) is 0.286. The Kier molecular flexibility index (Phi) is 12.3. The summed E-state index contributed by atoms with van der Waals surface area (Å²) in [5.41, 5.74) is 4.30. The maximum absolute atomic E-state index is 12.2. The molecule has 0 spiro atoms. The molecule has 0 amide bonds. The Bertz CT molecular complexity index is 2190. The van der Waals surface area contributed by atoms with Gasteiger partial charge in [0.1, 0.15) is 5.76 Å². The Morgan fingerprint density at radius 3 is 1.98 bits per heavy atom. The molecule has 3 heterocycles. The van der Waals surface area contributed by atoms with Gasteiger partial charge in [-0.05, 0) is 67.3 Å². The minimum Gasteiger partial charge on any atom is -0.512 e. The van der Waals surface area contributed by atoms with Gasteiger partial charge in [-0.3, -0.25) is 9.78 Å². The van der Waals surface area contributed by atoms with Crippen molar-refractivity contribution < 1.29 is 30.0 Å². The fourth-order valence-corrected chi connectivity index (χ4v) is 9.01. The van der Waals surface area contributed by atoms with Gasteiger partial charge < -0.3 is 5.11 Å². The molecule has 6 aromatic rings. The Hall–Kier alpha value is -2.89. The van der Waals surface area contributed by atoms with E-state index < -0.39 is 0 Å². The molecule has 0 aliphatic heterocycles. The number of benzene rings is 3. The van der Waals surface area contributed by atoms with Gasteiger partial charge >= 0.3 is 0 Å². The Labute approximate surface area is 320 Å². The number of ketones is 1. The molecule has 0 unspecified atom stereocenters. The van der Waals surface area contributed by atoms with Crippen molar-refractivity contribution in [2.45, 2.75) is 107 Å². The van der Waals surface area contributed by atoms with Crippen molar-refractivity contribution in [1.82, 2.24) is 4.98 Å². The number of aryl methyl sites for hydroxylation is 2. The number of hydrogen-bond donors (Lipinski definition) is 1. The molecule has 6 rings (SSSR count). The van der Waals surface area contributed by atoms with Crippen molar-refractivity contribution in [2.24, 2.45) is 10.8 Å². The van der Waals surface area contributed by atoms with E-state index in [0.29, 0.717) is 0 Å². The Morgan fingerprint density at radius 1 is 0.780 bits per heavy atom. The summed E-state index contributed by atoms with van der Waals surface area (Å²) in [5, 5.41) is 16.6. The van der Waals surface area contributed by atoms with E-state index in [0.717, 1.165) is 42.3 Å². The van der Waals surface area contributed by atoms with E-state index in [4.69, 9.17) is 4.98 Å².